The van der Waals surface area contributed by atoms with E-state index in [9.17, 15) is 0 Å². The minimum absolute atomic E-state index is 0.380. The van der Waals surface area contributed by atoms with E-state index in [4.69, 9.17) is 9.26 Å². The smallest absolute Gasteiger partial charge is 0.229 e. The largest absolute Gasteiger partial charge is 0.371 e. The molecule has 5 heteroatoms. The van der Waals surface area contributed by atoms with Crippen LogP contribution in [-0.2, 0) is 10.3 Å². The van der Waals surface area contributed by atoms with Gasteiger partial charge in [0.05, 0.1) is 0 Å². The van der Waals surface area contributed by atoms with Crippen molar-refractivity contribution in [2.75, 3.05) is 14.2 Å². The van der Waals surface area contributed by atoms with Gasteiger partial charge in [0.15, 0.2) is 0 Å². The summed E-state index contributed by atoms with van der Waals surface area (Å²) in [5.74, 6) is 1.77. The first-order valence-electron chi connectivity index (χ1n) is 6.63. The molecule has 2 rings (SSSR count). The highest BCUT2D eigenvalue weighted by Gasteiger charge is 2.30. The molecule has 2 atom stereocenters. The molecule has 2 unspecified atom stereocenters. The zero-order chi connectivity index (χ0) is 13.2. The van der Waals surface area contributed by atoms with Gasteiger partial charge in [0.1, 0.15) is 5.60 Å². The van der Waals surface area contributed by atoms with E-state index in [0.717, 1.165) is 18.7 Å². The standard InChI is InChI=1S/C13H23N3O2/c1-13(2,17-4)12-15-11(18-16-12)9-6-5-7-10(8-9)14-3/h9-10,14H,5-8H2,1-4H3. The molecule has 102 valence electrons. The predicted molar refractivity (Wildman–Crippen MR) is 68.4 cm³/mol. The van der Waals surface area contributed by atoms with Crippen LogP contribution in [0.4, 0.5) is 0 Å². The van der Waals surface area contributed by atoms with Crippen LogP contribution in [-0.4, -0.2) is 30.3 Å². The number of aromatic nitrogens is 2. The molecular weight excluding hydrogens is 230 g/mol. The lowest BCUT2D eigenvalue weighted by Crippen LogP contribution is -2.30. The Hall–Kier alpha value is -0.940. The van der Waals surface area contributed by atoms with E-state index in [1.54, 1.807) is 7.11 Å². The summed E-state index contributed by atoms with van der Waals surface area (Å²) in [6, 6.07) is 0.564. The van der Waals surface area contributed by atoms with Crippen molar-refractivity contribution < 1.29 is 9.26 Å². The van der Waals surface area contributed by atoms with Gasteiger partial charge in [-0.15, -0.1) is 0 Å². The molecule has 1 fully saturated rings. The molecule has 0 saturated heterocycles. The Labute approximate surface area is 108 Å². The van der Waals surface area contributed by atoms with E-state index in [0.29, 0.717) is 17.8 Å². The summed E-state index contributed by atoms with van der Waals surface area (Å²) in [5, 5.41) is 7.39. The Morgan fingerprint density at radius 1 is 1.39 bits per heavy atom. The van der Waals surface area contributed by atoms with Gasteiger partial charge in [0.25, 0.3) is 0 Å². The Bertz CT molecular complexity index is 389. The molecule has 0 radical (unpaired) electrons. The second-order valence-electron chi connectivity index (χ2n) is 5.52. The molecule has 1 aliphatic rings. The van der Waals surface area contributed by atoms with Crippen molar-refractivity contribution in [2.45, 2.75) is 57.1 Å². The average Bonchev–Trinajstić information content (AvgIpc) is 2.89. The van der Waals surface area contributed by atoms with Gasteiger partial charge in [0.2, 0.25) is 11.7 Å². The minimum Gasteiger partial charge on any atom is -0.371 e. The Kier molecular flexibility index (Phi) is 4.02. The van der Waals surface area contributed by atoms with Crippen LogP contribution in [0.3, 0.4) is 0 Å². The van der Waals surface area contributed by atoms with E-state index in [1.807, 2.05) is 20.9 Å². The molecule has 18 heavy (non-hydrogen) atoms. The second-order valence-corrected chi connectivity index (χ2v) is 5.52. The SMILES string of the molecule is CNC1CCCC(c2nc(C(C)(C)OC)no2)C1. The topological polar surface area (TPSA) is 60.2 Å². The van der Waals surface area contributed by atoms with Crippen molar-refractivity contribution in [1.82, 2.24) is 15.5 Å². The third kappa shape index (κ3) is 2.72. The fraction of sp³-hybridized carbons (Fsp3) is 0.846. The highest BCUT2D eigenvalue weighted by atomic mass is 16.5. The molecule has 1 heterocycles. The monoisotopic (exact) mass is 253 g/mol. The number of hydrogen-bond acceptors (Lipinski definition) is 5. The molecule has 1 saturated carbocycles. The normalized spacial score (nSPS) is 25.3. The summed E-state index contributed by atoms with van der Waals surface area (Å²) < 4.78 is 10.8. The van der Waals surface area contributed by atoms with Gasteiger partial charge in [-0.25, -0.2) is 0 Å². The lowest BCUT2D eigenvalue weighted by Gasteiger charge is -2.26. The number of hydrogen-bond donors (Lipinski definition) is 1. The van der Waals surface area contributed by atoms with Crippen LogP contribution < -0.4 is 5.32 Å². The number of nitrogens with one attached hydrogen (secondary N) is 1. The highest BCUT2D eigenvalue weighted by Crippen LogP contribution is 2.33. The number of rotatable bonds is 4. The summed E-state index contributed by atoms with van der Waals surface area (Å²) in [5.41, 5.74) is -0.487. The molecule has 0 spiro atoms. The molecule has 5 nitrogen and oxygen atoms in total. The summed E-state index contributed by atoms with van der Waals surface area (Å²) in [6.07, 6.45) is 4.65. The number of nitrogens with zero attached hydrogens (tertiary/aromatic N) is 2. The summed E-state index contributed by atoms with van der Waals surface area (Å²) in [7, 11) is 3.67. The zero-order valence-corrected chi connectivity index (χ0v) is 11.7. The maximum absolute atomic E-state index is 5.42. The fourth-order valence-corrected chi connectivity index (χ4v) is 2.41. The van der Waals surface area contributed by atoms with Gasteiger partial charge in [0, 0.05) is 19.1 Å². The van der Waals surface area contributed by atoms with Crippen LogP contribution in [0.5, 0.6) is 0 Å². The Morgan fingerprint density at radius 3 is 2.83 bits per heavy atom. The molecule has 0 bridgehead atoms. The quantitative estimate of drug-likeness (QED) is 0.891. The number of methoxy groups -OCH3 is 1. The summed E-state index contributed by atoms with van der Waals surface area (Å²) >= 11 is 0. The second kappa shape index (κ2) is 5.36. The van der Waals surface area contributed by atoms with Crippen LogP contribution in [0.1, 0.15) is 57.2 Å². The molecule has 1 aromatic heterocycles. The third-order valence-corrected chi connectivity index (χ3v) is 3.92. The lowest BCUT2D eigenvalue weighted by atomic mass is 9.85. The Morgan fingerprint density at radius 2 is 2.17 bits per heavy atom. The van der Waals surface area contributed by atoms with Crippen LogP contribution >= 0.6 is 0 Å². The van der Waals surface area contributed by atoms with Crippen molar-refractivity contribution in [3.63, 3.8) is 0 Å². The average molecular weight is 253 g/mol. The van der Waals surface area contributed by atoms with Crippen LogP contribution in [0.25, 0.3) is 0 Å². The molecular formula is C13H23N3O2. The summed E-state index contributed by atoms with van der Waals surface area (Å²) in [4.78, 5) is 4.51. The lowest BCUT2D eigenvalue weighted by molar-refractivity contribution is 0.00973. The molecule has 0 amide bonds. The van der Waals surface area contributed by atoms with Crippen molar-refractivity contribution in [2.24, 2.45) is 0 Å². The zero-order valence-electron chi connectivity index (χ0n) is 11.7. The molecule has 0 aromatic carbocycles. The van der Waals surface area contributed by atoms with E-state index < -0.39 is 5.60 Å². The predicted octanol–water partition coefficient (Wildman–Crippen LogP) is 2.20. The molecule has 1 aliphatic carbocycles. The highest BCUT2D eigenvalue weighted by molar-refractivity contribution is 5.02. The van der Waals surface area contributed by atoms with Gasteiger partial charge in [-0.3, -0.25) is 0 Å². The van der Waals surface area contributed by atoms with E-state index in [1.165, 1.54) is 12.8 Å². The van der Waals surface area contributed by atoms with Gasteiger partial charge in [-0.1, -0.05) is 11.6 Å². The summed E-state index contributed by atoms with van der Waals surface area (Å²) in [6.45, 7) is 3.89. The first kappa shape index (κ1) is 13.5. The van der Waals surface area contributed by atoms with Crippen molar-refractivity contribution in [1.29, 1.82) is 0 Å². The van der Waals surface area contributed by atoms with E-state index >= 15 is 0 Å². The first-order valence-corrected chi connectivity index (χ1v) is 6.63. The fourth-order valence-electron chi connectivity index (χ4n) is 2.41. The first-order chi connectivity index (χ1) is 8.56. The van der Waals surface area contributed by atoms with Crippen molar-refractivity contribution in [3.05, 3.63) is 11.7 Å². The van der Waals surface area contributed by atoms with Gasteiger partial charge < -0.3 is 14.6 Å². The van der Waals surface area contributed by atoms with E-state index in [2.05, 4.69) is 15.5 Å². The maximum Gasteiger partial charge on any atom is 0.229 e. The van der Waals surface area contributed by atoms with Gasteiger partial charge in [-0.2, -0.15) is 4.98 Å². The van der Waals surface area contributed by atoms with Gasteiger partial charge >= 0.3 is 0 Å². The molecule has 1 aromatic rings. The number of ether oxygens (including phenoxy) is 1. The third-order valence-electron chi connectivity index (χ3n) is 3.92. The van der Waals surface area contributed by atoms with Gasteiger partial charge in [-0.05, 0) is 40.2 Å². The minimum atomic E-state index is -0.487. The maximum atomic E-state index is 5.42. The molecule has 0 aliphatic heterocycles. The molecule has 1 N–H and O–H groups in total. The van der Waals surface area contributed by atoms with Crippen LogP contribution in [0.2, 0.25) is 0 Å². The van der Waals surface area contributed by atoms with Crippen molar-refractivity contribution in [3.8, 4) is 0 Å². The van der Waals surface area contributed by atoms with E-state index in [-0.39, 0.29) is 0 Å². The Balaban J connectivity index is 2.10. The van der Waals surface area contributed by atoms with Crippen LogP contribution in [0, 0.1) is 0 Å². The van der Waals surface area contributed by atoms with Crippen LogP contribution in [0.15, 0.2) is 4.52 Å². The van der Waals surface area contributed by atoms with Crippen molar-refractivity contribution >= 4 is 0 Å².